The first-order valence-electron chi connectivity index (χ1n) is 9.00. The lowest BCUT2D eigenvalue weighted by atomic mass is 9.95. The van der Waals surface area contributed by atoms with Crippen LogP contribution in [0.4, 0.5) is 10.5 Å². The Morgan fingerprint density at radius 2 is 1.81 bits per heavy atom. The van der Waals surface area contributed by atoms with E-state index in [4.69, 9.17) is 0 Å². The normalized spacial score (nSPS) is 17.1. The molecule has 132 valence electrons. The molecule has 1 atom stereocenters. The Morgan fingerprint density at radius 1 is 1.04 bits per heavy atom. The van der Waals surface area contributed by atoms with Gasteiger partial charge in [0.2, 0.25) is 0 Å². The van der Waals surface area contributed by atoms with Crippen molar-refractivity contribution in [1.82, 2.24) is 15.1 Å². The monoisotopic (exact) mass is 346 g/mol. The van der Waals surface area contributed by atoms with Gasteiger partial charge in [-0.25, -0.2) is 4.79 Å². The summed E-state index contributed by atoms with van der Waals surface area (Å²) in [6.45, 7) is 1.51. The average Bonchev–Trinajstić information content (AvgIpc) is 3.24. The van der Waals surface area contributed by atoms with Gasteiger partial charge in [-0.2, -0.15) is 5.10 Å². The van der Waals surface area contributed by atoms with E-state index in [1.807, 2.05) is 53.4 Å². The standard InChI is InChI=1S/C21H22N4O/c26-21(25-14-4-7-18(15-25)20-12-13-22-24-20)23-19-10-8-17(9-11-19)16-5-2-1-3-6-16/h1-3,5-6,8-13,18H,4,7,14-15H2,(H,22,24)(H,23,26). The molecule has 1 fully saturated rings. The summed E-state index contributed by atoms with van der Waals surface area (Å²) in [4.78, 5) is 14.5. The Morgan fingerprint density at radius 3 is 2.54 bits per heavy atom. The highest BCUT2D eigenvalue weighted by Crippen LogP contribution is 2.26. The van der Waals surface area contributed by atoms with Gasteiger partial charge in [-0.05, 0) is 42.2 Å². The molecule has 0 radical (unpaired) electrons. The van der Waals surface area contributed by atoms with Crippen molar-refractivity contribution in [2.24, 2.45) is 0 Å². The van der Waals surface area contributed by atoms with Gasteiger partial charge in [0.05, 0.1) is 0 Å². The van der Waals surface area contributed by atoms with Crippen LogP contribution in [0.2, 0.25) is 0 Å². The fraction of sp³-hybridized carbons (Fsp3) is 0.238. The van der Waals surface area contributed by atoms with E-state index in [-0.39, 0.29) is 6.03 Å². The number of nitrogens with zero attached hydrogens (tertiary/aromatic N) is 2. The largest absolute Gasteiger partial charge is 0.324 e. The number of benzene rings is 2. The third-order valence-corrected chi connectivity index (χ3v) is 4.91. The molecule has 2 heterocycles. The van der Waals surface area contributed by atoms with Crippen LogP contribution in [-0.2, 0) is 0 Å². The first kappa shape index (κ1) is 16.4. The topological polar surface area (TPSA) is 61.0 Å². The molecule has 0 spiro atoms. The second kappa shape index (κ2) is 7.44. The van der Waals surface area contributed by atoms with Gasteiger partial charge in [0, 0.05) is 36.6 Å². The molecule has 5 nitrogen and oxygen atoms in total. The van der Waals surface area contributed by atoms with Crippen LogP contribution < -0.4 is 5.32 Å². The molecule has 5 heteroatoms. The Kier molecular flexibility index (Phi) is 4.69. The van der Waals surface area contributed by atoms with Crippen LogP contribution in [0.3, 0.4) is 0 Å². The minimum atomic E-state index is -0.0401. The number of anilines is 1. The molecule has 0 saturated carbocycles. The number of aromatic nitrogens is 2. The lowest BCUT2D eigenvalue weighted by molar-refractivity contribution is 0.192. The van der Waals surface area contributed by atoms with Crippen LogP contribution in [0.25, 0.3) is 11.1 Å². The summed E-state index contributed by atoms with van der Waals surface area (Å²) in [5.74, 6) is 0.331. The number of urea groups is 1. The van der Waals surface area contributed by atoms with E-state index in [9.17, 15) is 4.79 Å². The number of piperidine rings is 1. The second-order valence-electron chi connectivity index (χ2n) is 6.67. The molecule has 1 aliphatic heterocycles. The van der Waals surface area contributed by atoms with E-state index in [1.54, 1.807) is 6.20 Å². The van der Waals surface area contributed by atoms with Gasteiger partial charge in [-0.1, -0.05) is 42.5 Å². The number of hydrogen-bond donors (Lipinski definition) is 2. The molecular formula is C21H22N4O. The highest BCUT2D eigenvalue weighted by atomic mass is 16.2. The van der Waals surface area contributed by atoms with E-state index in [2.05, 4.69) is 27.6 Å². The first-order valence-corrected chi connectivity index (χ1v) is 9.00. The number of rotatable bonds is 3. The molecular weight excluding hydrogens is 324 g/mol. The summed E-state index contributed by atoms with van der Waals surface area (Å²) in [5, 5.41) is 10.1. The van der Waals surface area contributed by atoms with Crippen molar-refractivity contribution in [2.75, 3.05) is 18.4 Å². The van der Waals surface area contributed by atoms with Gasteiger partial charge in [0.25, 0.3) is 0 Å². The maximum absolute atomic E-state index is 12.6. The van der Waals surface area contributed by atoms with E-state index < -0.39 is 0 Å². The van der Waals surface area contributed by atoms with Gasteiger partial charge in [-0.3, -0.25) is 5.10 Å². The van der Waals surface area contributed by atoms with Gasteiger partial charge < -0.3 is 10.2 Å². The van der Waals surface area contributed by atoms with Crippen LogP contribution in [0.1, 0.15) is 24.5 Å². The minimum Gasteiger partial charge on any atom is -0.324 e. The Balaban J connectivity index is 1.40. The summed E-state index contributed by atoms with van der Waals surface area (Å²) in [7, 11) is 0. The maximum Gasteiger partial charge on any atom is 0.321 e. The van der Waals surface area contributed by atoms with Crippen LogP contribution in [0.5, 0.6) is 0 Å². The smallest absolute Gasteiger partial charge is 0.321 e. The lowest BCUT2D eigenvalue weighted by Crippen LogP contribution is -2.41. The fourth-order valence-corrected chi connectivity index (χ4v) is 3.49. The summed E-state index contributed by atoms with van der Waals surface area (Å²) < 4.78 is 0. The number of amides is 2. The van der Waals surface area contributed by atoms with Gasteiger partial charge in [0.15, 0.2) is 0 Å². The number of H-pyrrole nitrogens is 1. The van der Waals surface area contributed by atoms with Gasteiger partial charge in [-0.15, -0.1) is 0 Å². The highest BCUT2D eigenvalue weighted by Gasteiger charge is 2.25. The molecule has 0 aliphatic carbocycles. The SMILES string of the molecule is O=C(Nc1ccc(-c2ccccc2)cc1)N1CCCC(c2ccn[nH]2)C1. The quantitative estimate of drug-likeness (QED) is 0.734. The zero-order valence-electron chi connectivity index (χ0n) is 14.6. The molecule has 2 N–H and O–H groups in total. The summed E-state index contributed by atoms with van der Waals surface area (Å²) in [6, 6.07) is 20.2. The van der Waals surface area contributed by atoms with E-state index >= 15 is 0 Å². The molecule has 1 aliphatic rings. The number of hydrogen-bond acceptors (Lipinski definition) is 2. The van der Waals surface area contributed by atoms with Crippen molar-refractivity contribution in [3.63, 3.8) is 0 Å². The predicted molar refractivity (Wildman–Crippen MR) is 103 cm³/mol. The van der Waals surface area contributed by atoms with Crippen molar-refractivity contribution in [3.8, 4) is 11.1 Å². The van der Waals surface area contributed by atoms with Crippen molar-refractivity contribution in [1.29, 1.82) is 0 Å². The third kappa shape index (κ3) is 3.61. The van der Waals surface area contributed by atoms with Crippen molar-refractivity contribution in [2.45, 2.75) is 18.8 Å². The van der Waals surface area contributed by atoms with Gasteiger partial charge >= 0.3 is 6.03 Å². The second-order valence-corrected chi connectivity index (χ2v) is 6.67. The Bertz CT molecular complexity index is 843. The zero-order valence-corrected chi connectivity index (χ0v) is 14.6. The van der Waals surface area contributed by atoms with E-state index in [0.29, 0.717) is 5.92 Å². The molecule has 1 saturated heterocycles. The number of nitrogens with one attached hydrogen (secondary N) is 2. The number of carbonyl (C=O) groups is 1. The van der Waals surface area contributed by atoms with Crippen LogP contribution in [-0.4, -0.2) is 34.2 Å². The third-order valence-electron chi connectivity index (χ3n) is 4.91. The number of aromatic amines is 1. The molecule has 2 aromatic carbocycles. The van der Waals surface area contributed by atoms with Crippen LogP contribution in [0, 0.1) is 0 Å². The zero-order chi connectivity index (χ0) is 17.8. The molecule has 3 aromatic rings. The minimum absolute atomic E-state index is 0.0401. The molecule has 0 bridgehead atoms. The molecule has 1 aromatic heterocycles. The Labute approximate surface area is 153 Å². The Hall–Kier alpha value is -3.08. The molecule has 1 unspecified atom stereocenters. The molecule has 2 amide bonds. The van der Waals surface area contributed by atoms with Crippen LogP contribution >= 0.6 is 0 Å². The predicted octanol–water partition coefficient (Wildman–Crippen LogP) is 4.49. The van der Waals surface area contributed by atoms with E-state index in [1.165, 1.54) is 5.56 Å². The molecule has 26 heavy (non-hydrogen) atoms. The van der Waals surface area contributed by atoms with Crippen LogP contribution in [0.15, 0.2) is 66.9 Å². The summed E-state index contributed by atoms with van der Waals surface area (Å²) in [6.07, 6.45) is 3.85. The average molecular weight is 346 g/mol. The fourth-order valence-electron chi connectivity index (χ4n) is 3.49. The van der Waals surface area contributed by atoms with Crippen molar-refractivity contribution >= 4 is 11.7 Å². The summed E-state index contributed by atoms with van der Waals surface area (Å²) in [5.41, 5.74) is 4.23. The highest BCUT2D eigenvalue weighted by molar-refractivity contribution is 5.89. The maximum atomic E-state index is 12.6. The molecule has 4 rings (SSSR count). The summed E-state index contributed by atoms with van der Waals surface area (Å²) >= 11 is 0. The van der Waals surface area contributed by atoms with Crippen molar-refractivity contribution in [3.05, 3.63) is 72.6 Å². The van der Waals surface area contributed by atoms with E-state index in [0.717, 1.165) is 42.9 Å². The first-order chi connectivity index (χ1) is 12.8. The van der Waals surface area contributed by atoms with Gasteiger partial charge in [0.1, 0.15) is 0 Å². The van der Waals surface area contributed by atoms with Crippen molar-refractivity contribution < 1.29 is 4.79 Å². The number of carbonyl (C=O) groups excluding carboxylic acids is 1. The number of likely N-dealkylation sites (tertiary alicyclic amines) is 1. The lowest BCUT2D eigenvalue weighted by Gasteiger charge is -2.32.